The van der Waals surface area contributed by atoms with Crippen LogP contribution in [0.15, 0.2) is 35.2 Å². The average Bonchev–Trinajstić information content (AvgIpc) is 3.21. The highest BCUT2D eigenvalue weighted by atomic mass is 32.2. The van der Waals surface area contributed by atoms with Crippen LogP contribution in [0.25, 0.3) is 0 Å². The maximum absolute atomic E-state index is 11.7. The van der Waals surface area contributed by atoms with E-state index in [0.717, 1.165) is 17.7 Å². The summed E-state index contributed by atoms with van der Waals surface area (Å²) < 4.78 is 0. The van der Waals surface area contributed by atoms with Gasteiger partial charge in [-0.15, -0.1) is 11.8 Å². The number of hydrogen-bond donors (Lipinski definition) is 2. The van der Waals surface area contributed by atoms with Gasteiger partial charge in [0.15, 0.2) is 0 Å². The third kappa shape index (κ3) is 3.77. The minimum absolute atomic E-state index is 0.0831. The number of benzene rings is 1. The molecule has 0 bridgehead atoms. The van der Waals surface area contributed by atoms with Gasteiger partial charge < -0.3 is 0 Å². The van der Waals surface area contributed by atoms with Gasteiger partial charge in [-0.25, -0.2) is 0 Å². The van der Waals surface area contributed by atoms with Gasteiger partial charge in [-0.3, -0.25) is 20.4 Å². The number of thioether (sulfide) groups is 1. The van der Waals surface area contributed by atoms with Crippen LogP contribution in [0.3, 0.4) is 0 Å². The molecule has 1 atom stereocenters. The van der Waals surface area contributed by atoms with Crippen molar-refractivity contribution in [3.05, 3.63) is 30.3 Å². The van der Waals surface area contributed by atoms with Gasteiger partial charge in [0.2, 0.25) is 5.91 Å². The number of nitrogens with one attached hydrogen (secondary N) is 2. The van der Waals surface area contributed by atoms with Gasteiger partial charge >= 0.3 is 0 Å². The van der Waals surface area contributed by atoms with Crippen molar-refractivity contribution in [2.75, 3.05) is 0 Å². The van der Waals surface area contributed by atoms with Gasteiger partial charge in [0, 0.05) is 10.8 Å². The van der Waals surface area contributed by atoms with Crippen molar-refractivity contribution in [1.29, 1.82) is 0 Å². The molecule has 4 nitrogen and oxygen atoms in total. The van der Waals surface area contributed by atoms with E-state index in [-0.39, 0.29) is 23.0 Å². The fraction of sp³-hybridized carbons (Fsp3) is 0.385. The first-order valence-corrected chi connectivity index (χ1v) is 6.86. The third-order valence-electron chi connectivity index (χ3n) is 2.68. The molecule has 0 aromatic heterocycles. The van der Waals surface area contributed by atoms with Crippen molar-refractivity contribution >= 4 is 23.6 Å². The molecule has 1 fully saturated rings. The highest BCUT2D eigenvalue weighted by molar-refractivity contribution is 8.00. The second-order valence-corrected chi connectivity index (χ2v) is 5.74. The summed E-state index contributed by atoms with van der Waals surface area (Å²) >= 11 is 1.46. The molecule has 0 saturated heterocycles. The fourth-order valence-electron chi connectivity index (χ4n) is 1.43. The van der Waals surface area contributed by atoms with Crippen molar-refractivity contribution in [1.82, 2.24) is 10.9 Å². The molecule has 0 radical (unpaired) electrons. The first-order valence-electron chi connectivity index (χ1n) is 5.98. The Morgan fingerprint density at radius 2 is 1.89 bits per heavy atom. The number of amides is 2. The summed E-state index contributed by atoms with van der Waals surface area (Å²) in [6.45, 7) is 1.82. The van der Waals surface area contributed by atoms with E-state index in [4.69, 9.17) is 0 Å². The predicted molar refractivity (Wildman–Crippen MR) is 70.8 cm³/mol. The van der Waals surface area contributed by atoms with Crippen molar-refractivity contribution in [2.45, 2.75) is 29.9 Å². The number of carbonyl (C=O) groups is 2. The van der Waals surface area contributed by atoms with Crippen LogP contribution in [0, 0.1) is 5.92 Å². The Morgan fingerprint density at radius 3 is 2.50 bits per heavy atom. The van der Waals surface area contributed by atoms with Crippen LogP contribution in [0.2, 0.25) is 0 Å². The summed E-state index contributed by atoms with van der Waals surface area (Å²) in [4.78, 5) is 24.1. The summed E-state index contributed by atoms with van der Waals surface area (Å²) in [5, 5.41) is -0.244. The zero-order valence-corrected chi connectivity index (χ0v) is 11.0. The SMILES string of the molecule is CC(Sc1ccccc1)C(=O)NNC(=O)C1CC1. The Balaban J connectivity index is 1.76. The van der Waals surface area contributed by atoms with Gasteiger partial charge in [-0.2, -0.15) is 0 Å². The Kier molecular flexibility index (Phi) is 4.25. The normalized spacial score (nSPS) is 15.8. The summed E-state index contributed by atoms with van der Waals surface area (Å²) in [6, 6.07) is 9.71. The van der Waals surface area contributed by atoms with Crippen molar-refractivity contribution in [2.24, 2.45) is 5.92 Å². The van der Waals surface area contributed by atoms with Crippen LogP contribution in [0.4, 0.5) is 0 Å². The Bertz CT molecular complexity index is 432. The predicted octanol–water partition coefficient (Wildman–Crippen LogP) is 1.72. The maximum Gasteiger partial charge on any atom is 0.251 e. The Hall–Kier alpha value is -1.49. The Labute approximate surface area is 110 Å². The van der Waals surface area contributed by atoms with E-state index in [1.54, 1.807) is 0 Å². The zero-order valence-electron chi connectivity index (χ0n) is 10.2. The molecule has 18 heavy (non-hydrogen) atoms. The number of hydrogen-bond acceptors (Lipinski definition) is 3. The highest BCUT2D eigenvalue weighted by Crippen LogP contribution is 2.28. The van der Waals surface area contributed by atoms with Crippen LogP contribution in [0.5, 0.6) is 0 Å². The fourth-order valence-corrected chi connectivity index (χ4v) is 2.32. The first kappa shape index (κ1) is 13.0. The molecule has 1 aliphatic carbocycles. The second kappa shape index (κ2) is 5.91. The van der Waals surface area contributed by atoms with Gasteiger partial charge in [0.05, 0.1) is 5.25 Å². The molecule has 1 saturated carbocycles. The van der Waals surface area contributed by atoms with Gasteiger partial charge in [-0.1, -0.05) is 18.2 Å². The smallest absolute Gasteiger partial charge is 0.251 e. The van der Waals surface area contributed by atoms with E-state index < -0.39 is 0 Å². The van der Waals surface area contributed by atoms with E-state index in [2.05, 4.69) is 10.9 Å². The number of rotatable bonds is 4. The van der Waals surface area contributed by atoms with Crippen LogP contribution >= 0.6 is 11.8 Å². The minimum atomic E-state index is -0.244. The van der Waals surface area contributed by atoms with Gasteiger partial charge in [0.1, 0.15) is 0 Å². The molecule has 2 N–H and O–H groups in total. The van der Waals surface area contributed by atoms with E-state index in [1.807, 2.05) is 37.3 Å². The lowest BCUT2D eigenvalue weighted by Gasteiger charge is -2.12. The lowest BCUT2D eigenvalue weighted by molar-refractivity contribution is -0.129. The zero-order chi connectivity index (χ0) is 13.0. The first-order chi connectivity index (χ1) is 8.66. The average molecular weight is 264 g/mol. The summed E-state index contributed by atoms with van der Waals surface area (Å²) in [5.41, 5.74) is 4.92. The van der Waals surface area contributed by atoms with Crippen molar-refractivity contribution < 1.29 is 9.59 Å². The molecule has 1 aromatic rings. The van der Waals surface area contributed by atoms with Crippen molar-refractivity contribution in [3.63, 3.8) is 0 Å². The van der Waals surface area contributed by atoms with Crippen LogP contribution in [-0.2, 0) is 9.59 Å². The summed E-state index contributed by atoms with van der Waals surface area (Å²) in [5.74, 6) is -0.166. The largest absolute Gasteiger partial charge is 0.273 e. The summed E-state index contributed by atoms with van der Waals surface area (Å²) in [7, 11) is 0. The van der Waals surface area contributed by atoms with Crippen LogP contribution in [0.1, 0.15) is 19.8 Å². The topological polar surface area (TPSA) is 58.2 Å². The molecule has 5 heteroatoms. The molecule has 0 aliphatic heterocycles. The van der Waals surface area contributed by atoms with E-state index in [9.17, 15) is 9.59 Å². The third-order valence-corrected chi connectivity index (χ3v) is 3.79. The van der Waals surface area contributed by atoms with Gasteiger partial charge in [-0.05, 0) is 31.9 Å². The second-order valence-electron chi connectivity index (χ2n) is 4.33. The standard InChI is InChI=1S/C13H16N2O2S/c1-9(18-11-5-3-2-4-6-11)12(16)14-15-13(17)10-7-8-10/h2-6,9-10H,7-8H2,1H3,(H,14,16)(H,15,17). The molecule has 2 amide bonds. The number of carbonyl (C=O) groups excluding carboxylic acids is 2. The molecular weight excluding hydrogens is 248 g/mol. The molecule has 0 heterocycles. The molecule has 96 valence electrons. The highest BCUT2D eigenvalue weighted by Gasteiger charge is 2.30. The van der Waals surface area contributed by atoms with Crippen LogP contribution < -0.4 is 10.9 Å². The molecule has 0 spiro atoms. The van der Waals surface area contributed by atoms with Crippen molar-refractivity contribution in [3.8, 4) is 0 Å². The quantitative estimate of drug-likeness (QED) is 0.643. The molecule has 1 unspecified atom stereocenters. The van der Waals surface area contributed by atoms with E-state index in [0.29, 0.717) is 0 Å². The van der Waals surface area contributed by atoms with Crippen LogP contribution in [-0.4, -0.2) is 17.1 Å². The lowest BCUT2D eigenvalue weighted by atomic mass is 10.4. The molecule has 1 aromatic carbocycles. The number of hydrazine groups is 1. The maximum atomic E-state index is 11.7. The minimum Gasteiger partial charge on any atom is -0.273 e. The Morgan fingerprint density at radius 1 is 1.22 bits per heavy atom. The molecule has 2 rings (SSSR count). The lowest BCUT2D eigenvalue weighted by Crippen LogP contribution is -2.45. The summed E-state index contributed by atoms with van der Waals surface area (Å²) in [6.07, 6.45) is 1.85. The molecular formula is C13H16N2O2S. The molecule has 1 aliphatic rings. The van der Waals surface area contributed by atoms with E-state index in [1.165, 1.54) is 11.8 Å². The monoisotopic (exact) mass is 264 g/mol. The van der Waals surface area contributed by atoms with E-state index >= 15 is 0 Å². The van der Waals surface area contributed by atoms with Gasteiger partial charge in [0.25, 0.3) is 5.91 Å².